The normalized spacial score (nSPS) is 13.6. The van der Waals surface area contributed by atoms with Crippen LogP contribution in [0, 0.1) is 5.92 Å². The summed E-state index contributed by atoms with van der Waals surface area (Å²) < 4.78 is 24.1. The smallest absolute Gasteiger partial charge is 0.191 e. The van der Waals surface area contributed by atoms with Gasteiger partial charge in [0, 0.05) is 30.4 Å². The minimum atomic E-state index is -2.95. The Balaban J connectivity index is 2.45. The zero-order chi connectivity index (χ0) is 18.0. The van der Waals surface area contributed by atoms with E-state index in [1.54, 1.807) is 14.0 Å². The van der Waals surface area contributed by atoms with Crippen molar-refractivity contribution in [3.05, 3.63) is 34.3 Å². The van der Waals surface area contributed by atoms with Crippen LogP contribution >= 0.6 is 15.9 Å². The molecule has 0 bridgehead atoms. The quantitative estimate of drug-likeness (QED) is 0.478. The largest absolute Gasteiger partial charge is 0.356 e. The summed E-state index contributed by atoms with van der Waals surface area (Å²) in [5.41, 5.74) is 1.30. The second-order valence-electron chi connectivity index (χ2n) is 5.72. The summed E-state index contributed by atoms with van der Waals surface area (Å²) >= 11 is 3.50. The highest BCUT2D eigenvalue weighted by Crippen LogP contribution is 2.16. The van der Waals surface area contributed by atoms with E-state index >= 15 is 0 Å². The van der Waals surface area contributed by atoms with E-state index in [4.69, 9.17) is 0 Å². The van der Waals surface area contributed by atoms with Gasteiger partial charge in [0.2, 0.25) is 0 Å². The number of guanidine groups is 1. The molecule has 136 valence electrons. The summed E-state index contributed by atoms with van der Waals surface area (Å²) in [6.45, 7) is 5.01. The van der Waals surface area contributed by atoms with Crippen molar-refractivity contribution in [1.82, 2.24) is 10.6 Å². The molecule has 0 saturated heterocycles. The van der Waals surface area contributed by atoms with E-state index in [1.165, 1.54) is 5.56 Å². The first-order chi connectivity index (χ1) is 11.4. The molecule has 0 aliphatic heterocycles. The minimum absolute atomic E-state index is 0.124. The van der Waals surface area contributed by atoms with E-state index in [-0.39, 0.29) is 11.5 Å². The molecule has 0 spiro atoms. The third-order valence-corrected chi connectivity index (χ3v) is 6.12. The zero-order valence-electron chi connectivity index (χ0n) is 14.7. The van der Waals surface area contributed by atoms with Gasteiger partial charge in [-0.2, -0.15) is 0 Å². The van der Waals surface area contributed by atoms with Crippen molar-refractivity contribution in [2.24, 2.45) is 10.9 Å². The molecule has 0 amide bonds. The Kier molecular flexibility index (Phi) is 9.36. The average Bonchev–Trinajstić information content (AvgIpc) is 2.56. The Labute approximate surface area is 154 Å². The lowest BCUT2D eigenvalue weighted by molar-refractivity contribution is 0.494. The van der Waals surface area contributed by atoms with E-state index in [0.29, 0.717) is 18.4 Å². The van der Waals surface area contributed by atoms with Crippen molar-refractivity contribution in [3.8, 4) is 0 Å². The van der Waals surface area contributed by atoms with Crippen LogP contribution in [0.5, 0.6) is 0 Å². The van der Waals surface area contributed by atoms with E-state index in [0.717, 1.165) is 23.9 Å². The lowest BCUT2D eigenvalue weighted by Crippen LogP contribution is -2.41. The van der Waals surface area contributed by atoms with Crippen LogP contribution in [-0.2, 0) is 16.3 Å². The van der Waals surface area contributed by atoms with Crippen molar-refractivity contribution < 1.29 is 8.42 Å². The highest BCUT2D eigenvalue weighted by atomic mass is 79.9. The third kappa shape index (κ3) is 8.15. The fourth-order valence-electron chi connectivity index (χ4n) is 2.29. The van der Waals surface area contributed by atoms with Gasteiger partial charge in [0.1, 0.15) is 0 Å². The second-order valence-corrected chi connectivity index (χ2v) is 9.11. The van der Waals surface area contributed by atoms with Gasteiger partial charge >= 0.3 is 0 Å². The van der Waals surface area contributed by atoms with Gasteiger partial charge in [-0.25, -0.2) is 8.42 Å². The molecule has 1 unspecified atom stereocenters. The maximum Gasteiger partial charge on any atom is 0.191 e. The van der Waals surface area contributed by atoms with Gasteiger partial charge in [-0.05, 0) is 30.0 Å². The SMILES string of the molecule is CCC(CNC(=NC)NCCS(=O)(=O)CC)Cc1cccc(Br)c1. The average molecular weight is 418 g/mol. The lowest BCUT2D eigenvalue weighted by atomic mass is 9.97. The van der Waals surface area contributed by atoms with Crippen molar-refractivity contribution in [1.29, 1.82) is 0 Å². The van der Waals surface area contributed by atoms with Crippen LogP contribution in [0.15, 0.2) is 33.7 Å². The molecule has 0 heterocycles. The molecule has 1 rings (SSSR count). The number of halogens is 1. The maximum atomic E-state index is 11.5. The summed E-state index contributed by atoms with van der Waals surface area (Å²) in [5.74, 6) is 1.43. The molecular weight excluding hydrogens is 390 g/mol. The number of sulfone groups is 1. The van der Waals surface area contributed by atoms with Crippen LogP contribution < -0.4 is 10.6 Å². The summed E-state index contributed by atoms with van der Waals surface area (Å²) in [5, 5.41) is 6.36. The fourth-order valence-corrected chi connectivity index (χ4v) is 3.44. The van der Waals surface area contributed by atoms with E-state index in [9.17, 15) is 8.42 Å². The van der Waals surface area contributed by atoms with Crippen LogP contribution in [0.1, 0.15) is 25.8 Å². The van der Waals surface area contributed by atoms with Gasteiger partial charge in [0.25, 0.3) is 0 Å². The molecule has 0 aromatic heterocycles. The fraction of sp³-hybridized carbons (Fsp3) is 0.588. The molecule has 0 saturated carbocycles. The number of aliphatic imine (C=N–C) groups is 1. The first kappa shape index (κ1) is 21.0. The van der Waals surface area contributed by atoms with Gasteiger partial charge in [-0.15, -0.1) is 0 Å². The molecule has 2 N–H and O–H groups in total. The van der Waals surface area contributed by atoms with E-state index < -0.39 is 9.84 Å². The Morgan fingerprint density at radius 2 is 2.04 bits per heavy atom. The molecule has 1 aromatic rings. The zero-order valence-corrected chi connectivity index (χ0v) is 17.1. The van der Waals surface area contributed by atoms with Gasteiger partial charge in [0.15, 0.2) is 15.8 Å². The molecule has 0 aliphatic rings. The van der Waals surface area contributed by atoms with Crippen molar-refractivity contribution in [2.45, 2.75) is 26.7 Å². The lowest BCUT2D eigenvalue weighted by Gasteiger charge is -2.18. The van der Waals surface area contributed by atoms with Crippen LogP contribution in [-0.4, -0.2) is 46.0 Å². The van der Waals surface area contributed by atoms with Gasteiger partial charge in [-0.3, -0.25) is 4.99 Å². The number of rotatable bonds is 9. The Morgan fingerprint density at radius 3 is 2.62 bits per heavy atom. The number of nitrogens with one attached hydrogen (secondary N) is 2. The van der Waals surface area contributed by atoms with Crippen LogP contribution in [0.3, 0.4) is 0 Å². The topological polar surface area (TPSA) is 70.6 Å². The summed E-state index contributed by atoms with van der Waals surface area (Å²) in [6, 6.07) is 8.36. The van der Waals surface area contributed by atoms with Gasteiger partial charge in [-0.1, -0.05) is 48.3 Å². The molecule has 0 fully saturated rings. The summed E-state index contributed by atoms with van der Waals surface area (Å²) in [7, 11) is -1.26. The highest BCUT2D eigenvalue weighted by molar-refractivity contribution is 9.10. The highest BCUT2D eigenvalue weighted by Gasteiger charge is 2.10. The maximum absolute atomic E-state index is 11.5. The van der Waals surface area contributed by atoms with Crippen LogP contribution in [0.2, 0.25) is 0 Å². The van der Waals surface area contributed by atoms with Crippen molar-refractivity contribution in [3.63, 3.8) is 0 Å². The van der Waals surface area contributed by atoms with Crippen LogP contribution in [0.25, 0.3) is 0 Å². The molecule has 1 atom stereocenters. The first-order valence-electron chi connectivity index (χ1n) is 8.29. The number of hydrogen-bond donors (Lipinski definition) is 2. The third-order valence-electron chi connectivity index (χ3n) is 3.92. The Hall–Kier alpha value is -1.08. The molecule has 7 heteroatoms. The molecule has 5 nitrogen and oxygen atoms in total. The summed E-state index contributed by atoms with van der Waals surface area (Å²) in [4.78, 5) is 4.15. The standard InChI is InChI=1S/C17H28BrN3O2S/c1-4-14(11-15-7-6-8-16(18)12-15)13-21-17(19-3)20-9-10-24(22,23)5-2/h6-8,12,14H,4-5,9-11,13H2,1-3H3,(H2,19,20,21). The number of nitrogens with zero attached hydrogens (tertiary/aromatic N) is 1. The molecular formula is C17H28BrN3O2S. The Morgan fingerprint density at radius 1 is 1.29 bits per heavy atom. The predicted octanol–water partition coefficient (Wildman–Crippen LogP) is 2.62. The van der Waals surface area contributed by atoms with E-state index in [2.05, 4.69) is 50.6 Å². The molecule has 0 radical (unpaired) electrons. The second kappa shape index (κ2) is 10.7. The number of hydrogen-bond acceptors (Lipinski definition) is 3. The minimum Gasteiger partial charge on any atom is -0.356 e. The van der Waals surface area contributed by atoms with Gasteiger partial charge < -0.3 is 10.6 Å². The summed E-state index contributed by atoms with van der Waals surface area (Å²) in [6.07, 6.45) is 2.05. The first-order valence-corrected chi connectivity index (χ1v) is 10.9. The Bertz CT molecular complexity index is 632. The molecule has 0 aliphatic carbocycles. The van der Waals surface area contributed by atoms with Crippen molar-refractivity contribution >= 4 is 31.7 Å². The molecule has 1 aromatic carbocycles. The monoisotopic (exact) mass is 417 g/mol. The van der Waals surface area contributed by atoms with Crippen LogP contribution in [0.4, 0.5) is 0 Å². The predicted molar refractivity (Wildman–Crippen MR) is 105 cm³/mol. The molecule has 24 heavy (non-hydrogen) atoms. The number of benzene rings is 1. The van der Waals surface area contributed by atoms with Gasteiger partial charge in [0.05, 0.1) is 5.75 Å². The van der Waals surface area contributed by atoms with E-state index in [1.807, 2.05) is 12.1 Å². The van der Waals surface area contributed by atoms with Crippen molar-refractivity contribution in [2.75, 3.05) is 31.6 Å².